The van der Waals surface area contributed by atoms with Crippen LogP contribution in [-0.4, -0.2) is 29.4 Å². The van der Waals surface area contributed by atoms with Crippen molar-refractivity contribution in [1.29, 1.82) is 0 Å². The van der Waals surface area contributed by atoms with Gasteiger partial charge in [0, 0.05) is 6.04 Å². The van der Waals surface area contributed by atoms with E-state index in [0.29, 0.717) is 11.7 Å². The van der Waals surface area contributed by atoms with Crippen molar-refractivity contribution in [2.24, 2.45) is 5.92 Å². The van der Waals surface area contributed by atoms with Gasteiger partial charge in [0.25, 0.3) is 0 Å². The van der Waals surface area contributed by atoms with Crippen LogP contribution in [-0.2, 0) is 6.42 Å². The van der Waals surface area contributed by atoms with Crippen LogP contribution in [0.3, 0.4) is 0 Å². The van der Waals surface area contributed by atoms with Crippen molar-refractivity contribution < 1.29 is 10.2 Å². The van der Waals surface area contributed by atoms with Gasteiger partial charge in [0.15, 0.2) is 0 Å². The van der Waals surface area contributed by atoms with Crippen LogP contribution in [0.4, 0.5) is 0 Å². The maximum Gasteiger partial charge on any atom is 0.115 e. The van der Waals surface area contributed by atoms with E-state index in [1.165, 1.54) is 5.56 Å². The lowest BCUT2D eigenvalue weighted by molar-refractivity contribution is 0.253. The third kappa shape index (κ3) is 2.70. The first-order valence-corrected chi connectivity index (χ1v) is 5.40. The number of hydrogen-bond donors (Lipinski definition) is 3. The number of hydrogen-bond acceptors (Lipinski definition) is 3. The second-order valence-electron chi connectivity index (χ2n) is 4.26. The lowest BCUT2D eigenvalue weighted by Crippen LogP contribution is -2.24. The highest BCUT2D eigenvalue weighted by atomic mass is 16.3. The fraction of sp³-hybridized carbons (Fsp3) is 0.500. The molecule has 82 valence electrons. The number of phenols is 1. The molecule has 0 aromatic heterocycles. The van der Waals surface area contributed by atoms with E-state index in [-0.39, 0.29) is 12.6 Å². The summed E-state index contributed by atoms with van der Waals surface area (Å²) in [6.07, 6.45) is 2.06. The van der Waals surface area contributed by atoms with Crippen molar-refractivity contribution in [2.45, 2.75) is 18.9 Å². The highest BCUT2D eigenvalue weighted by Crippen LogP contribution is 2.20. The van der Waals surface area contributed by atoms with Gasteiger partial charge in [-0.1, -0.05) is 12.1 Å². The molecular formula is C12H17NO2. The summed E-state index contributed by atoms with van der Waals surface area (Å²) >= 11 is 0. The van der Waals surface area contributed by atoms with Crippen molar-refractivity contribution >= 4 is 0 Å². The van der Waals surface area contributed by atoms with E-state index in [1.54, 1.807) is 12.1 Å². The number of aliphatic hydroxyl groups excluding tert-OH is 1. The molecule has 1 aliphatic heterocycles. The van der Waals surface area contributed by atoms with Crippen LogP contribution in [0.2, 0.25) is 0 Å². The molecule has 3 nitrogen and oxygen atoms in total. The first-order chi connectivity index (χ1) is 7.28. The molecule has 1 aromatic rings. The number of nitrogens with one attached hydrogen (secondary N) is 1. The molecule has 2 unspecified atom stereocenters. The maximum atomic E-state index is 9.15. The molecule has 0 radical (unpaired) electrons. The van der Waals surface area contributed by atoms with Crippen molar-refractivity contribution in [1.82, 2.24) is 5.32 Å². The van der Waals surface area contributed by atoms with Crippen molar-refractivity contribution in [3.63, 3.8) is 0 Å². The second-order valence-corrected chi connectivity index (χ2v) is 4.26. The Morgan fingerprint density at radius 1 is 1.27 bits per heavy atom. The number of aromatic hydroxyl groups is 1. The van der Waals surface area contributed by atoms with Crippen molar-refractivity contribution in [3.8, 4) is 5.75 Å². The third-order valence-electron chi connectivity index (χ3n) is 2.99. The minimum Gasteiger partial charge on any atom is -0.508 e. The summed E-state index contributed by atoms with van der Waals surface area (Å²) < 4.78 is 0. The van der Waals surface area contributed by atoms with E-state index in [9.17, 15) is 0 Å². The fourth-order valence-corrected chi connectivity index (χ4v) is 2.16. The summed E-state index contributed by atoms with van der Waals surface area (Å²) in [5, 5.41) is 21.4. The van der Waals surface area contributed by atoms with E-state index in [1.807, 2.05) is 12.1 Å². The Bertz CT molecular complexity index is 310. The Balaban J connectivity index is 1.90. The Morgan fingerprint density at radius 2 is 2.00 bits per heavy atom. The molecule has 1 heterocycles. The van der Waals surface area contributed by atoms with Crippen LogP contribution < -0.4 is 5.32 Å². The molecule has 1 fully saturated rings. The van der Waals surface area contributed by atoms with Gasteiger partial charge >= 0.3 is 0 Å². The molecule has 0 aliphatic carbocycles. The number of benzene rings is 1. The largest absolute Gasteiger partial charge is 0.508 e. The molecule has 3 N–H and O–H groups in total. The summed E-state index contributed by atoms with van der Waals surface area (Å²) in [4.78, 5) is 0. The topological polar surface area (TPSA) is 52.5 Å². The number of aliphatic hydroxyl groups is 1. The summed E-state index contributed by atoms with van der Waals surface area (Å²) in [6, 6.07) is 7.64. The molecule has 1 saturated heterocycles. The highest BCUT2D eigenvalue weighted by Gasteiger charge is 2.23. The SMILES string of the molecule is OCC1CC(Cc2ccc(O)cc2)CN1. The minimum absolute atomic E-state index is 0.228. The highest BCUT2D eigenvalue weighted by molar-refractivity contribution is 5.26. The normalized spacial score (nSPS) is 25.7. The third-order valence-corrected chi connectivity index (χ3v) is 2.99. The Morgan fingerprint density at radius 3 is 2.60 bits per heavy atom. The molecule has 0 amide bonds. The van der Waals surface area contributed by atoms with Gasteiger partial charge in [-0.3, -0.25) is 0 Å². The van der Waals surface area contributed by atoms with Crippen LogP contribution >= 0.6 is 0 Å². The first kappa shape index (κ1) is 10.5. The van der Waals surface area contributed by atoms with E-state index in [2.05, 4.69) is 5.32 Å². The first-order valence-electron chi connectivity index (χ1n) is 5.40. The lowest BCUT2D eigenvalue weighted by atomic mass is 9.97. The van der Waals surface area contributed by atoms with Gasteiger partial charge in [-0.25, -0.2) is 0 Å². The molecule has 1 aliphatic rings. The van der Waals surface area contributed by atoms with Crippen LogP contribution in [0.15, 0.2) is 24.3 Å². The van der Waals surface area contributed by atoms with Gasteiger partial charge in [0.1, 0.15) is 5.75 Å². The van der Waals surface area contributed by atoms with Gasteiger partial charge < -0.3 is 15.5 Å². The predicted molar refractivity (Wildman–Crippen MR) is 58.8 cm³/mol. The van der Waals surface area contributed by atoms with E-state index >= 15 is 0 Å². The number of rotatable bonds is 3. The standard InChI is InChI=1S/C12H17NO2/c14-8-11-6-10(7-13-11)5-9-1-3-12(15)4-2-9/h1-4,10-11,13-15H,5-8H2. The van der Waals surface area contributed by atoms with Crippen LogP contribution in [0.1, 0.15) is 12.0 Å². The molecule has 0 bridgehead atoms. The average molecular weight is 207 g/mol. The van der Waals surface area contributed by atoms with Gasteiger partial charge in [-0.15, -0.1) is 0 Å². The minimum atomic E-state index is 0.228. The van der Waals surface area contributed by atoms with Crippen molar-refractivity contribution in [3.05, 3.63) is 29.8 Å². The second kappa shape index (κ2) is 4.64. The van der Waals surface area contributed by atoms with E-state index in [4.69, 9.17) is 10.2 Å². The molecule has 0 spiro atoms. The Hall–Kier alpha value is -1.06. The predicted octanol–water partition coefficient (Wildman–Crippen LogP) is 0.905. The Labute approximate surface area is 89.8 Å². The van der Waals surface area contributed by atoms with Crippen LogP contribution in [0.5, 0.6) is 5.75 Å². The molecule has 15 heavy (non-hydrogen) atoms. The van der Waals surface area contributed by atoms with E-state index in [0.717, 1.165) is 19.4 Å². The zero-order chi connectivity index (χ0) is 10.7. The average Bonchev–Trinajstić information content (AvgIpc) is 2.69. The van der Waals surface area contributed by atoms with Gasteiger partial charge in [0.05, 0.1) is 6.61 Å². The molecule has 2 rings (SSSR count). The molecule has 1 aromatic carbocycles. The van der Waals surface area contributed by atoms with Crippen LogP contribution in [0.25, 0.3) is 0 Å². The van der Waals surface area contributed by atoms with E-state index < -0.39 is 0 Å². The quantitative estimate of drug-likeness (QED) is 0.690. The summed E-state index contributed by atoms with van der Waals surface area (Å²) in [6.45, 7) is 1.21. The smallest absolute Gasteiger partial charge is 0.115 e. The molecule has 3 heteroatoms. The number of phenolic OH excluding ortho intramolecular Hbond substituents is 1. The van der Waals surface area contributed by atoms with Crippen molar-refractivity contribution in [2.75, 3.05) is 13.2 Å². The Kier molecular flexibility index (Phi) is 3.23. The lowest BCUT2D eigenvalue weighted by Gasteiger charge is -2.08. The fourth-order valence-electron chi connectivity index (χ4n) is 2.16. The molecule has 0 saturated carbocycles. The monoisotopic (exact) mass is 207 g/mol. The zero-order valence-electron chi connectivity index (χ0n) is 8.69. The van der Waals surface area contributed by atoms with Gasteiger partial charge in [-0.2, -0.15) is 0 Å². The maximum absolute atomic E-state index is 9.15. The van der Waals surface area contributed by atoms with Gasteiger partial charge in [-0.05, 0) is 43.0 Å². The molecular weight excluding hydrogens is 190 g/mol. The van der Waals surface area contributed by atoms with Gasteiger partial charge in [0.2, 0.25) is 0 Å². The summed E-state index contributed by atoms with van der Waals surface area (Å²) in [5.74, 6) is 0.920. The summed E-state index contributed by atoms with van der Waals surface area (Å²) in [7, 11) is 0. The summed E-state index contributed by atoms with van der Waals surface area (Å²) in [5.41, 5.74) is 1.25. The molecule has 2 atom stereocenters. The zero-order valence-corrected chi connectivity index (χ0v) is 8.69. The van der Waals surface area contributed by atoms with Crippen LogP contribution in [0, 0.1) is 5.92 Å².